The van der Waals surface area contributed by atoms with Crippen molar-refractivity contribution in [1.82, 2.24) is 14.5 Å². The molecule has 0 spiro atoms. The topological polar surface area (TPSA) is 30.7 Å². The maximum absolute atomic E-state index is 13.9. The second kappa shape index (κ2) is 9.79. The number of rotatable bonds is 4. The molecule has 0 aliphatic heterocycles. The minimum Gasteiger partial charge on any atom is -0.309 e. The molecule has 42 heavy (non-hydrogen) atoms. The van der Waals surface area contributed by atoms with E-state index in [-0.39, 0.29) is 5.82 Å². The predicted molar refractivity (Wildman–Crippen MR) is 170 cm³/mol. The van der Waals surface area contributed by atoms with Gasteiger partial charge in [0, 0.05) is 33.0 Å². The Kier molecular flexibility index (Phi) is 5.64. The van der Waals surface area contributed by atoms with Gasteiger partial charge in [-0.05, 0) is 77.9 Å². The minimum absolute atomic E-state index is 0.274. The van der Waals surface area contributed by atoms with Gasteiger partial charge in [-0.3, -0.25) is 0 Å². The van der Waals surface area contributed by atoms with E-state index in [1.54, 1.807) is 12.1 Å². The smallest absolute Gasteiger partial charge is 0.160 e. The van der Waals surface area contributed by atoms with Crippen LogP contribution in [0.4, 0.5) is 4.39 Å². The zero-order chi connectivity index (χ0) is 28.0. The molecule has 0 amide bonds. The van der Waals surface area contributed by atoms with Gasteiger partial charge < -0.3 is 4.57 Å². The summed E-state index contributed by atoms with van der Waals surface area (Å²) in [6.07, 6.45) is 0. The molecular formula is C38H24FN3. The highest BCUT2D eigenvalue weighted by Gasteiger charge is 2.15. The van der Waals surface area contributed by atoms with Crippen LogP contribution in [0.1, 0.15) is 0 Å². The van der Waals surface area contributed by atoms with Crippen LogP contribution in [0, 0.1) is 5.82 Å². The highest BCUT2D eigenvalue weighted by molar-refractivity contribution is 6.10. The molecule has 0 saturated carbocycles. The summed E-state index contributed by atoms with van der Waals surface area (Å²) < 4.78 is 16.2. The molecule has 198 valence electrons. The highest BCUT2D eigenvalue weighted by Crippen LogP contribution is 2.37. The van der Waals surface area contributed by atoms with E-state index in [1.165, 1.54) is 28.4 Å². The van der Waals surface area contributed by atoms with Gasteiger partial charge in [-0.15, -0.1) is 0 Å². The Morgan fingerprint density at radius 3 is 1.86 bits per heavy atom. The zero-order valence-electron chi connectivity index (χ0n) is 22.6. The SMILES string of the molecule is Fc1ccc(-c2nc(-c3ccccc3)nc3ccc(-c4ccc5c(c4)c4ccccc4n5-c4ccccc4)cc23)cc1. The molecule has 0 aliphatic rings. The molecule has 0 fully saturated rings. The molecule has 0 N–H and O–H groups in total. The van der Waals surface area contributed by atoms with Crippen LogP contribution in [-0.4, -0.2) is 14.5 Å². The summed E-state index contributed by atoms with van der Waals surface area (Å²) in [5.41, 5.74) is 9.06. The first-order valence-electron chi connectivity index (χ1n) is 14.0. The Balaban J connectivity index is 1.33. The van der Waals surface area contributed by atoms with E-state index in [4.69, 9.17) is 9.97 Å². The predicted octanol–water partition coefficient (Wildman–Crippen LogP) is 9.87. The Bertz CT molecular complexity index is 2240. The number of fused-ring (bicyclic) bond motifs is 4. The molecule has 3 nitrogen and oxygen atoms in total. The van der Waals surface area contributed by atoms with Gasteiger partial charge in [0.2, 0.25) is 0 Å². The second-order valence-corrected chi connectivity index (χ2v) is 10.4. The number of aromatic nitrogens is 3. The molecule has 0 unspecified atom stereocenters. The lowest BCUT2D eigenvalue weighted by Crippen LogP contribution is -1.96. The van der Waals surface area contributed by atoms with Crippen LogP contribution in [0.2, 0.25) is 0 Å². The van der Waals surface area contributed by atoms with E-state index in [9.17, 15) is 4.39 Å². The molecular weight excluding hydrogens is 517 g/mol. The largest absolute Gasteiger partial charge is 0.309 e. The fourth-order valence-corrected chi connectivity index (χ4v) is 5.86. The van der Waals surface area contributed by atoms with Gasteiger partial charge in [-0.1, -0.05) is 78.9 Å². The van der Waals surface area contributed by atoms with Crippen molar-refractivity contribution in [3.8, 4) is 39.5 Å². The van der Waals surface area contributed by atoms with Gasteiger partial charge in [0.05, 0.1) is 22.2 Å². The Hall–Kier alpha value is -5.61. The average molecular weight is 542 g/mol. The van der Waals surface area contributed by atoms with Crippen LogP contribution in [0.3, 0.4) is 0 Å². The maximum Gasteiger partial charge on any atom is 0.160 e. The van der Waals surface area contributed by atoms with Gasteiger partial charge >= 0.3 is 0 Å². The lowest BCUT2D eigenvalue weighted by atomic mass is 9.98. The van der Waals surface area contributed by atoms with Crippen molar-refractivity contribution >= 4 is 32.7 Å². The normalized spacial score (nSPS) is 11.5. The summed E-state index contributed by atoms with van der Waals surface area (Å²) >= 11 is 0. The molecule has 8 rings (SSSR count). The summed E-state index contributed by atoms with van der Waals surface area (Å²) in [6.45, 7) is 0. The van der Waals surface area contributed by atoms with Gasteiger partial charge in [-0.2, -0.15) is 0 Å². The van der Waals surface area contributed by atoms with Crippen LogP contribution in [-0.2, 0) is 0 Å². The Morgan fingerprint density at radius 1 is 0.452 bits per heavy atom. The van der Waals surface area contributed by atoms with E-state index < -0.39 is 0 Å². The molecule has 0 radical (unpaired) electrons. The summed E-state index contributed by atoms with van der Waals surface area (Å²) in [5, 5.41) is 3.33. The van der Waals surface area contributed by atoms with E-state index in [0.29, 0.717) is 5.82 Å². The lowest BCUT2D eigenvalue weighted by molar-refractivity contribution is 0.628. The minimum atomic E-state index is -0.274. The average Bonchev–Trinajstić information content (AvgIpc) is 3.39. The van der Waals surface area contributed by atoms with Gasteiger partial charge in [-0.25, -0.2) is 14.4 Å². The first kappa shape index (κ1) is 24.2. The van der Waals surface area contributed by atoms with Crippen LogP contribution in [0.25, 0.3) is 72.2 Å². The quantitative estimate of drug-likeness (QED) is 0.222. The van der Waals surface area contributed by atoms with Crippen molar-refractivity contribution in [2.75, 3.05) is 0 Å². The van der Waals surface area contributed by atoms with E-state index in [1.807, 2.05) is 36.4 Å². The van der Waals surface area contributed by atoms with E-state index in [0.717, 1.165) is 50.1 Å². The highest BCUT2D eigenvalue weighted by atomic mass is 19.1. The summed E-state index contributed by atoms with van der Waals surface area (Å²) in [7, 11) is 0. The van der Waals surface area contributed by atoms with Gasteiger partial charge in [0.1, 0.15) is 5.82 Å². The summed E-state index contributed by atoms with van der Waals surface area (Å²) in [4.78, 5) is 9.92. The van der Waals surface area contributed by atoms with E-state index >= 15 is 0 Å². The molecule has 2 aromatic heterocycles. The third-order valence-electron chi connectivity index (χ3n) is 7.87. The first-order valence-corrected chi connectivity index (χ1v) is 14.0. The van der Waals surface area contributed by atoms with Crippen LogP contribution >= 0.6 is 0 Å². The third kappa shape index (κ3) is 4.04. The third-order valence-corrected chi connectivity index (χ3v) is 7.87. The monoisotopic (exact) mass is 541 g/mol. The number of benzene rings is 6. The van der Waals surface area contributed by atoms with Gasteiger partial charge in [0.15, 0.2) is 5.82 Å². The molecule has 0 atom stereocenters. The summed E-state index contributed by atoms with van der Waals surface area (Å²) in [6, 6.07) is 48.5. The molecule has 0 saturated heterocycles. The lowest BCUT2D eigenvalue weighted by Gasteiger charge is -2.12. The number of hydrogen-bond acceptors (Lipinski definition) is 2. The zero-order valence-corrected chi connectivity index (χ0v) is 22.6. The van der Waals surface area contributed by atoms with E-state index in [2.05, 4.69) is 89.5 Å². The molecule has 6 aromatic carbocycles. The molecule has 2 heterocycles. The number of hydrogen-bond donors (Lipinski definition) is 0. The van der Waals surface area contributed by atoms with Crippen LogP contribution in [0.15, 0.2) is 146 Å². The van der Waals surface area contributed by atoms with Crippen molar-refractivity contribution < 1.29 is 4.39 Å². The number of nitrogens with zero attached hydrogens (tertiary/aromatic N) is 3. The Labute approximate surface area is 242 Å². The second-order valence-electron chi connectivity index (χ2n) is 10.4. The molecule has 0 aliphatic carbocycles. The molecule has 0 bridgehead atoms. The fourth-order valence-electron chi connectivity index (χ4n) is 5.86. The number of para-hydroxylation sites is 2. The summed E-state index contributed by atoms with van der Waals surface area (Å²) in [5.74, 6) is 0.370. The van der Waals surface area contributed by atoms with Crippen molar-refractivity contribution in [3.05, 3.63) is 151 Å². The van der Waals surface area contributed by atoms with Crippen molar-refractivity contribution in [2.24, 2.45) is 0 Å². The Morgan fingerprint density at radius 2 is 1.07 bits per heavy atom. The first-order chi connectivity index (χ1) is 20.7. The standard InChI is InChI=1S/C38H24FN3/c39-29-19-15-25(16-20-29)37-33-24-27(17-21-34(33)40-38(41-37)26-9-3-1-4-10-26)28-18-22-36-32(23-28)31-13-7-8-14-35(31)42(36)30-11-5-2-6-12-30/h1-24H. The van der Waals surface area contributed by atoms with Crippen LogP contribution in [0.5, 0.6) is 0 Å². The fraction of sp³-hybridized carbons (Fsp3) is 0. The molecule has 4 heteroatoms. The number of halogens is 1. The van der Waals surface area contributed by atoms with Crippen molar-refractivity contribution in [3.63, 3.8) is 0 Å². The van der Waals surface area contributed by atoms with Gasteiger partial charge in [0.25, 0.3) is 0 Å². The van der Waals surface area contributed by atoms with Crippen molar-refractivity contribution in [1.29, 1.82) is 0 Å². The maximum atomic E-state index is 13.9. The van der Waals surface area contributed by atoms with Crippen molar-refractivity contribution in [2.45, 2.75) is 0 Å². The van der Waals surface area contributed by atoms with Crippen LogP contribution < -0.4 is 0 Å². The molecule has 8 aromatic rings.